The molecule has 0 aromatic heterocycles. The minimum atomic E-state index is -4.97. The van der Waals surface area contributed by atoms with Crippen molar-refractivity contribution in [2.24, 2.45) is 0 Å². The van der Waals surface area contributed by atoms with Gasteiger partial charge < -0.3 is 0 Å². The fraction of sp³-hybridized carbons (Fsp3) is 1.00. The monoisotopic (exact) mass is 818 g/mol. The van der Waals surface area contributed by atoms with Gasteiger partial charge in [-0.1, -0.05) is 0 Å². The summed E-state index contributed by atoms with van der Waals surface area (Å²) in [7, 11) is 0. The number of halogens is 12. The quantitative estimate of drug-likeness (QED) is 0.0905. The normalized spacial score (nSPS) is 14.3. The molecular formula is C22H38F12O3Sn2. The van der Waals surface area contributed by atoms with Gasteiger partial charge >= 0.3 is 232 Å². The first-order chi connectivity index (χ1) is 17.7. The van der Waals surface area contributed by atoms with Crippen molar-refractivity contribution in [1.29, 1.82) is 0 Å². The van der Waals surface area contributed by atoms with Crippen LogP contribution in [-0.4, -0.2) is 76.3 Å². The summed E-state index contributed by atoms with van der Waals surface area (Å²) in [6, 6.07) is 0. The van der Waals surface area contributed by atoms with Crippen LogP contribution < -0.4 is 0 Å². The predicted molar refractivity (Wildman–Crippen MR) is 125 cm³/mol. The molecule has 39 heavy (non-hydrogen) atoms. The predicted octanol–water partition coefficient (Wildman–Crippen LogP) is 10.1. The van der Waals surface area contributed by atoms with Crippen LogP contribution in [0.2, 0.25) is 17.7 Å². The van der Waals surface area contributed by atoms with Crippen LogP contribution in [0.25, 0.3) is 0 Å². The summed E-state index contributed by atoms with van der Waals surface area (Å²) in [4.78, 5) is 0. The molecule has 0 saturated heterocycles. The van der Waals surface area contributed by atoms with Gasteiger partial charge in [-0.25, -0.2) is 0 Å². The molecular weight excluding hydrogens is 778 g/mol. The van der Waals surface area contributed by atoms with Gasteiger partial charge in [0.15, 0.2) is 0 Å². The van der Waals surface area contributed by atoms with E-state index in [0.717, 1.165) is 0 Å². The van der Waals surface area contributed by atoms with Crippen molar-refractivity contribution < 1.29 is 60.2 Å². The number of hydrogen-bond donors (Lipinski definition) is 0. The third-order valence-electron chi connectivity index (χ3n) is 5.58. The maximum absolute atomic E-state index is 12.9. The van der Waals surface area contributed by atoms with Crippen LogP contribution >= 0.6 is 0 Å². The zero-order valence-electron chi connectivity index (χ0n) is 22.1. The van der Waals surface area contributed by atoms with E-state index >= 15 is 0 Å². The molecule has 0 saturated carbocycles. The van der Waals surface area contributed by atoms with Gasteiger partial charge in [-0.3, -0.25) is 0 Å². The van der Waals surface area contributed by atoms with Gasteiger partial charge in [-0.2, -0.15) is 0 Å². The molecule has 0 aromatic carbocycles. The Balaban J connectivity index is 6.39. The van der Waals surface area contributed by atoms with Crippen LogP contribution in [0.15, 0.2) is 0 Å². The minimum absolute atomic E-state index is 0.0606. The molecule has 236 valence electrons. The first-order valence-electron chi connectivity index (χ1n) is 12.9. The second-order valence-electron chi connectivity index (χ2n) is 9.50. The summed E-state index contributed by atoms with van der Waals surface area (Å²) in [6.07, 6.45) is -24.9. The summed E-state index contributed by atoms with van der Waals surface area (Å²) in [5.74, 6) is 0. The van der Waals surface area contributed by atoms with E-state index in [4.69, 9.17) is 7.56 Å². The molecule has 0 heterocycles. The summed E-state index contributed by atoms with van der Waals surface area (Å²) in [5, 5.41) is 0. The number of alkyl halides is 12. The van der Waals surface area contributed by atoms with Crippen molar-refractivity contribution in [3.8, 4) is 0 Å². The van der Waals surface area contributed by atoms with Crippen molar-refractivity contribution in [3.05, 3.63) is 0 Å². The Morgan fingerprint density at radius 3 is 0.846 bits per heavy atom. The molecule has 3 nitrogen and oxygen atoms in total. The van der Waals surface area contributed by atoms with Crippen LogP contribution in [0.5, 0.6) is 0 Å². The number of rotatable bonds is 20. The Bertz CT molecular complexity index is 558. The molecule has 0 radical (unpaired) electrons. The summed E-state index contributed by atoms with van der Waals surface area (Å²) >= 11 is -9.95. The van der Waals surface area contributed by atoms with Crippen molar-refractivity contribution in [2.45, 2.75) is 121 Å². The van der Waals surface area contributed by atoms with Crippen molar-refractivity contribution in [3.63, 3.8) is 0 Å². The van der Waals surface area contributed by atoms with Crippen LogP contribution in [0.4, 0.5) is 52.7 Å². The molecule has 0 N–H and O–H groups in total. The number of hydrogen-bond acceptors (Lipinski definition) is 3. The first kappa shape index (κ1) is 39.6. The molecule has 0 bridgehead atoms. The Hall–Kier alpha value is 0.637. The van der Waals surface area contributed by atoms with Crippen LogP contribution in [0, 0.1) is 0 Å². The van der Waals surface area contributed by atoms with Crippen LogP contribution in [0.3, 0.4) is 0 Å². The van der Waals surface area contributed by atoms with E-state index in [1.54, 1.807) is 13.8 Å². The molecule has 0 amide bonds. The second kappa shape index (κ2) is 17.7. The van der Waals surface area contributed by atoms with E-state index < -0.39 is 114 Å². The fourth-order valence-electron chi connectivity index (χ4n) is 3.95. The molecule has 0 aromatic rings. The van der Waals surface area contributed by atoms with E-state index in [1.807, 2.05) is 0 Å². The topological polar surface area (TPSA) is 27.7 Å². The molecule has 0 aliphatic heterocycles. The van der Waals surface area contributed by atoms with Crippen molar-refractivity contribution in [2.75, 3.05) is 13.2 Å². The molecule has 0 fully saturated rings. The fourth-order valence-corrected chi connectivity index (χ4v) is 45.0. The molecule has 0 aliphatic carbocycles. The average Bonchev–Trinajstić information content (AvgIpc) is 2.72. The summed E-state index contributed by atoms with van der Waals surface area (Å²) in [6.45, 7) is 3.18. The Kier molecular flexibility index (Phi) is 18.0. The zero-order valence-corrected chi connectivity index (χ0v) is 27.8. The molecule has 17 heteroatoms. The second-order valence-corrected chi connectivity index (χ2v) is 31.7. The molecule has 0 spiro atoms. The SMILES string of the molecule is CCC[O][Sn]([CH2]CCC(F)(F)F)([CH2]CCC(F)(F)F)[O][Sn]([CH2]CCC(F)(F)F)([CH2]CCC(F)(F)F)[O]CCC. The molecule has 0 atom stereocenters. The average molecular weight is 816 g/mol. The summed E-state index contributed by atoms with van der Waals surface area (Å²) < 4.78 is 172. The molecule has 0 aliphatic rings. The van der Waals surface area contributed by atoms with Gasteiger partial charge in [0.2, 0.25) is 0 Å². The Labute approximate surface area is 231 Å². The maximum atomic E-state index is 12.9. The first-order valence-corrected chi connectivity index (χ1v) is 25.6. The van der Waals surface area contributed by atoms with Crippen LogP contribution in [0.1, 0.15) is 78.1 Å². The zero-order chi connectivity index (χ0) is 30.4. The summed E-state index contributed by atoms with van der Waals surface area (Å²) in [5.41, 5.74) is 0. The van der Waals surface area contributed by atoms with Crippen molar-refractivity contribution in [1.82, 2.24) is 0 Å². The molecule has 0 unspecified atom stereocenters. The van der Waals surface area contributed by atoms with E-state index in [-0.39, 0.29) is 31.0 Å². The van der Waals surface area contributed by atoms with Gasteiger partial charge in [-0.15, -0.1) is 0 Å². The third kappa shape index (κ3) is 21.9. The standard InChI is InChI=1S/4C4H6F3.2C3H7O.O.2Sn/c4*1-2-3-4(5,6)7;2*1-2-3-4;;;/h4*1-3H2;2*2-3H2,1H3;;;/q;;;;2*-1;;2*+1. The van der Waals surface area contributed by atoms with Gasteiger partial charge in [-0.05, 0) is 0 Å². The van der Waals surface area contributed by atoms with E-state index in [9.17, 15) is 52.7 Å². The van der Waals surface area contributed by atoms with E-state index in [0.29, 0.717) is 12.8 Å². The van der Waals surface area contributed by atoms with Crippen LogP contribution in [-0.2, 0) is 7.56 Å². The Morgan fingerprint density at radius 1 is 0.436 bits per heavy atom. The molecule has 0 rings (SSSR count). The van der Waals surface area contributed by atoms with Gasteiger partial charge in [0.05, 0.1) is 0 Å². The van der Waals surface area contributed by atoms with Gasteiger partial charge in [0.1, 0.15) is 0 Å². The van der Waals surface area contributed by atoms with Gasteiger partial charge in [0.25, 0.3) is 0 Å². The Morgan fingerprint density at radius 2 is 0.667 bits per heavy atom. The van der Waals surface area contributed by atoms with E-state index in [1.165, 1.54) is 0 Å². The van der Waals surface area contributed by atoms with Crippen molar-refractivity contribution >= 4 is 38.4 Å². The van der Waals surface area contributed by atoms with Gasteiger partial charge in [0, 0.05) is 0 Å². The third-order valence-corrected chi connectivity index (χ3v) is 38.9. The van der Waals surface area contributed by atoms with E-state index in [2.05, 4.69) is 0 Å².